The van der Waals surface area contributed by atoms with Crippen molar-refractivity contribution in [3.8, 4) is 0 Å². The van der Waals surface area contributed by atoms with Gasteiger partial charge in [-0.25, -0.2) is 0 Å². The highest BCUT2D eigenvalue weighted by molar-refractivity contribution is 5.75. The van der Waals surface area contributed by atoms with Crippen LogP contribution < -0.4 is 5.32 Å². The Bertz CT molecular complexity index is 599. The summed E-state index contributed by atoms with van der Waals surface area (Å²) in [5.41, 5.74) is 0.737. The molecular formula is C16H27N5O3. The van der Waals surface area contributed by atoms with Crippen molar-refractivity contribution in [3.05, 3.63) is 21.5 Å². The Morgan fingerprint density at radius 2 is 2.17 bits per heavy atom. The van der Waals surface area contributed by atoms with Crippen molar-refractivity contribution < 1.29 is 9.72 Å². The van der Waals surface area contributed by atoms with E-state index in [-0.39, 0.29) is 18.1 Å². The van der Waals surface area contributed by atoms with Crippen molar-refractivity contribution in [1.82, 2.24) is 20.0 Å². The fourth-order valence-corrected chi connectivity index (χ4v) is 3.45. The average molecular weight is 337 g/mol. The second kappa shape index (κ2) is 8.23. The molecule has 1 aliphatic rings. The monoisotopic (exact) mass is 337 g/mol. The van der Waals surface area contributed by atoms with Crippen LogP contribution >= 0.6 is 0 Å². The number of hydrogen-bond donors (Lipinski definition) is 1. The minimum Gasteiger partial charge on any atom is -0.353 e. The van der Waals surface area contributed by atoms with Crippen molar-refractivity contribution in [2.45, 2.75) is 59.0 Å². The van der Waals surface area contributed by atoms with E-state index in [9.17, 15) is 14.9 Å². The van der Waals surface area contributed by atoms with E-state index in [1.54, 1.807) is 13.8 Å². The van der Waals surface area contributed by atoms with Crippen LogP contribution in [-0.4, -0.2) is 51.2 Å². The molecule has 0 saturated carbocycles. The van der Waals surface area contributed by atoms with Gasteiger partial charge in [-0.1, -0.05) is 13.3 Å². The van der Waals surface area contributed by atoms with Crippen LogP contribution in [0, 0.1) is 24.0 Å². The lowest BCUT2D eigenvalue weighted by Gasteiger charge is -2.35. The molecule has 1 aromatic heterocycles. The number of carbonyl (C=O) groups excluding carboxylic acids is 1. The van der Waals surface area contributed by atoms with Gasteiger partial charge in [-0.15, -0.1) is 0 Å². The second-order valence-corrected chi connectivity index (χ2v) is 6.38. The van der Waals surface area contributed by atoms with E-state index in [1.165, 1.54) is 23.9 Å². The highest BCUT2D eigenvalue weighted by Gasteiger charge is 2.23. The Labute approximate surface area is 142 Å². The fraction of sp³-hybridized carbons (Fsp3) is 0.750. The maximum atomic E-state index is 12.1. The molecule has 1 aliphatic heterocycles. The van der Waals surface area contributed by atoms with Crippen molar-refractivity contribution in [2.75, 3.05) is 19.6 Å². The molecule has 0 radical (unpaired) electrons. The number of likely N-dealkylation sites (tertiary alicyclic amines) is 1. The van der Waals surface area contributed by atoms with Crippen LogP contribution in [0.3, 0.4) is 0 Å². The van der Waals surface area contributed by atoms with Gasteiger partial charge in [-0.2, -0.15) is 5.10 Å². The van der Waals surface area contributed by atoms with Gasteiger partial charge in [-0.3, -0.25) is 24.5 Å². The van der Waals surface area contributed by atoms with Gasteiger partial charge in [0.05, 0.1) is 4.92 Å². The first-order chi connectivity index (χ1) is 11.4. The van der Waals surface area contributed by atoms with Gasteiger partial charge >= 0.3 is 5.69 Å². The zero-order valence-corrected chi connectivity index (χ0v) is 14.7. The largest absolute Gasteiger partial charge is 0.353 e. The topological polar surface area (TPSA) is 93.3 Å². The molecule has 0 aliphatic carbocycles. The summed E-state index contributed by atoms with van der Waals surface area (Å²) >= 11 is 0. The summed E-state index contributed by atoms with van der Waals surface area (Å²) in [4.78, 5) is 25.1. The summed E-state index contributed by atoms with van der Waals surface area (Å²) in [5.74, 6) is -0.166. The first kappa shape index (κ1) is 18.4. The van der Waals surface area contributed by atoms with Crippen molar-refractivity contribution >= 4 is 11.6 Å². The molecular weight excluding hydrogens is 310 g/mol. The molecule has 2 rings (SSSR count). The SMILES string of the molecule is CC[C@H]1CCCCN1CCNC(=O)Cn1nc(C)c([N+](=O)[O-])c1C. The molecule has 8 heteroatoms. The third-order valence-electron chi connectivity index (χ3n) is 4.76. The number of rotatable bonds is 7. The lowest BCUT2D eigenvalue weighted by Crippen LogP contribution is -2.44. The van der Waals surface area contributed by atoms with Crippen LogP contribution in [0.1, 0.15) is 44.0 Å². The molecule has 1 saturated heterocycles. The molecule has 1 amide bonds. The van der Waals surface area contributed by atoms with Crippen LogP contribution in [0.25, 0.3) is 0 Å². The van der Waals surface area contributed by atoms with E-state index in [0.29, 0.717) is 24.0 Å². The number of aromatic nitrogens is 2. The van der Waals surface area contributed by atoms with Gasteiger partial charge in [-0.05, 0) is 39.7 Å². The summed E-state index contributed by atoms with van der Waals surface area (Å²) in [6, 6.07) is 0.620. The fourth-order valence-electron chi connectivity index (χ4n) is 3.45. The smallest absolute Gasteiger partial charge is 0.312 e. The van der Waals surface area contributed by atoms with Crippen molar-refractivity contribution in [2.24, 2.45) is 0 Å². The number of aryl methyl sites for hydroxylation is 1. The van der Waals surface area contributed by atoms with Crippen LogP contribution in [0.5, 0.6) is 0 Å². The third kappa shape index (κ3) is 4.31. The van der Waals surface area contributed by atoms with E-state index in [4.69, 9.17) is 0 Å². The maximum Gasteiger partial charge on any atom is 0.312 e. The molecule has 8 nitrogen and oxygen atoms in total. The highest BCUT2D eigenvalue weighted by atomic mass is 16.6. The van der Waals surface area contributed by atoms with E-state index in [1.807, 2.05) is 0 Å². The van der Waals surface area contributed by atoms with Gasteiger partial charge in [0.15, 0.2) is 0 Å². The number of nitro groups is 1. The second-order valence-electron chi connectivity index (χ2n) is 6.38. The van der Waals surface area contributed by atoms with Crippen LogP contribution in [-0.2, 0) is 11.3 Å². The Balaban J connectivity index is 1.83. The van der Waals surface area contributed by atoms with E-state index >= 15 is 0 Å². The molecule has 2 heterocycles. The molecule has 134 valence electrons. The first-order valence-electron chi connectivity index (χ1n) is 8.63. The van der Waals surface area contributed by atoms with Crippen LogP contribution in [0.15, 0.2) is 0 Å². The Kier molecular flexibility index (Phi) is 6.30. The third-order valence-corrected chi connectivity index (χ3v) is 4.76. The van der Waals surface area contributed by atoms with Crippen molar-refractivity contribution in [1.29, 1.82) is 0 Å². The minimum absolute atomic E-state index is 0.0116. The van der Waals surface area contributed by atoms with Gasteiger partial charge in [0.25, 0.3) is 0 Å². The summed E-state index contributed by atoms with van der Waals surface area (Å²) in [7, 11) is 0. The number of piperidine rings is 1. The normalized spacial score (nSPS) is 18.5. The van der Waals surface area contributed by atoms with Gasteiger partial charge < -0.3 is 5.32 Å². The molecule has 1 atom stereocenters. The first-order valence-corrected chi connectivity index (χ1v) is 8.63. The van der Waals surface area contributed by atoms with Crippen LogP contribution in [0.4, 0.5) is 5.69 Å². The lowest BCUT2D eigenvalue weighted by atomic mass is 10.0. The molecule has 0 bridgehead atoms. The molecule has 24 heavy (non-hydrogen) atoms. The Morgan fingerprint density at radius 3 is 2.79 bits per heavy atom. The number of amides is 1. The lowest BCUT2D eigenvalue weighted by molar-refractivity contribution is -0.386. The van der Waals surface area contributed by atoms with E-state index < -0.39 is 4.92 Å². The Morgan fingerprint density at radius 1 is 1.42 bits per heavy atom. The highest BCUT2D eigenvalue weighted by Crippen LogP contribution is 2.21. The van der Waals surface area contributed by atoms with Crippen molar-refractivity contribution in [3.63, 3.8) is 0 Å². The summed E-state index contributed by atoms with van der Waals surface area (Å²) in [6.45, 7) is 7.96. The minimum atomic E-state index is -0.451. The van der Waals surface area contributed by atoms with Gasteiger partial charge in [0, 0.05) is 19.1 Å². The zero-order valence-electron chi connectivity index (χ0n) is 14.7. The van der Waals surface area contributed by atoms with Gasteiger partial charge in [0.2, 0.25) is 5.91 Å². The quantitative estimate of drug-likeness (QED) is 0.605. The predicted octanol–water partition coefficient (Wildman–Crippen LogP) is 1.79. The standard InChI is InChI=1S/C16H27N5O3/c1-4-14-7-5-6-9-19(14)10-8-17-15(22)11-20-13(3)16(21(23)24)12(2)18-20/h14H,4-11H2,1-3H3,(H,17,22)/t14-/m0/s1. The van der Waals surface area contributed by atoms with E-state index in [2.05, 4.69) is 22.2 Å². The number of hydrogen-bond acceptors (Lipinski definition) is 5. The number of nitrogens with one attached hydrogen (secondary N) is 1. The summed E-state index contributed by atoms with van der Waals surface area (Å²) < 4.78 is 1.40. The maximum absolute atomic E-state index is 12.1. The molecule has 0 unspecified atom stereocenters. The molecule has 1 fully saturated rings. The molecule has 0 spiro atoms. The molecule has 0 aromatic carbocycles. The molecule has 1 aromatic rings. The summed E-state index contributed by atoms with van der Waals surface area (Å²) in [5, 5.41) is 18.0. The predicted molar refractivity (Wildman–Crippen MR) is 90.9 cm³/mol. The van der Waals surface area contributed by atoms with Crippen LogP contribution in [0.2, 0.25) is 0 Å². The van der Waals surface area contributed by atoms with E-state index in [0.717, 1.165) is 19.5 Å². The summed E-state index contributed by atoms with van der Waals surface area (Å²) in [6.07, 6.45) is 4.89. The Hall–Kier alpha value is -1.96. The zero-order chi connectivity index (χ0) is 17.7. The number of nitrogens with zero attached hydrogens (tertiary/aromatic N) is 4. The average Bonchev–Trinajstić information content (AvgIpc) is 2.81. The van der Waals surface area contributed by atoms with Gasteiger partial charge in [0.1, 0.15) is 17.9 Å². The number of carbonyl (C=O) groups is 1. The molecule has 1 N–H and O–H groups in total.